The van der Waals surface area contributed by atoms with Crippen LogP contribution in [0.2, 0.25) is 5.15 Å². The molecule has 3 heteroatoms. The van der Waals surface area contributed by atoms with Gasteiger partial charge in [-0.25, -0.2) is 4.98 Å². The van der Waals surface area contributed by atoms with Crippen molar-refractivity contribution < 1.29 is 0 Å². The third-order valence-electron chi connectivity index (χ3n) is 0.936. The molecular formula is C6H6ClNS. The predicted molar refractivity (Wildman–Crippen MR) is 41.0 cm³/mol. The van der Waals surface area contributed by atoms with E-state index in [0.29, 0.717) is 5.15 Å². The lowest BCUT2D eigenvalue weighted by Gasteiger charge is -1.91. The van der Waals surface area contributed by atoms with Gasteiger partial charge in [-0.3, -0.25) is 0 Å². The Morgan fingerprint density at radius 2 is 2.33 bits per heavy atom. The van der Waals surface area contributed by atoms with E-state index in [0.717, 1.165) is 4.90 Å². The average Bonchev–Trinajstić information content (AvgIpc) is 1.90. The molecule has 0 radical (unpaired) electrons. The van der Waals surface area contributed by atoms with Crippen LogP contribution >= 0.6 is 23.4 Å². The summed E-state index contributed by atoms with van der Waals surface area (Å²) >= 11 is 7.20. The van der Waals surface area contributed by atoms with Crippen molar-refractivity contribution in [2.45, 2.75) is 4.90 Å². The number of hydrogen-bond donors (Lipinski definition) is 0. The highest BCUT2D eigenvalue weighted by Gasteiger charge is 1.88. The van der Waals surface area contributed by atoms with E-state index in [2.05, 4.69) is 4.98 Å². The summed E-state index contributed by atoms with van der Waals surface area (Å²) in [6.45, 7) is 0. The maximum Gasteiger partial charge on any atom is 0.129 e. The summed E-state index contributed by atoms with van der Waals surface area (Å²) in [5.41, 5.74) is 0. The van der Waals surface area contributed by atoms with Crippen molar-refractivity contribution in [2.24, 2.45) is 0 Å². The van der Waals surface area contributed by atoms with Crippen LogP contribution in [0.15, 0.2) is 23.2 Å². The number of nitrogens with zero attached hydrogens (tertiary/aromatic N) is 1. The van der Waals surface area contributed by atoms with Gasteiger partial charge in [0, 0.05) is 11.1 Å². The Labute approximate surface area is 63.4 Å². The lowest BCUT2D eigenvalue weighted by atomic mass is 10.5. The molecule has 9 heavy (non-hydrogen) atoms. The summed E-state index contributed by atoms with van der Waals surface area (Å²) in [6, 6.07) is 3.73. The minimum absolute atomic E-state index is 0.549. The van der Waals surface area contributed by atoms with Gasteiger partial charge in [-0.05, 0) is 18.4 Å². The van der Waals surface area contributed by atoms with E-state index in [1.807, 2.05) is 12.3 Å². The van der Waals surface area contributed by atoms with Crippen LogP contribution in [-0.2, 0) is 0 Å². The fraction of sp³-hybridized carbons (Fsp3) is 0.167. The monoisotopic (exact) mass is 159 g/mol. The van der Waals surface area contributed by atoms with Gasteiger partial charge in [0.2, 0.25) is 0 Å². The van der Waals surface area contributed by atoms with Gasteiger partial charge in [-0.1, -0.05) is 11.6 Å². The Balaban J connectivity index is 2.88. The van der Waals surface area contributed by atoms with Crippen LogP contribution in [0.4, 0.5) is 0 Å². The highest BCUT2D eigenvalue weighted by atomic mass is 35.5. The van der Waals surface area contributed by atoms with E-state index in [9.17, 15) is 0 Å². The number of rotatable bonds is 1. The first-order chi connectivity index (χ1) is 4.33. The smallest absolute Gasteiger partial charge is 0.129 e. The molecule has 0 saturated carbocycles. The first-order valence-corrected chi connectivity index (χ1v) is 4.09. The summed E-state index contributed by atoms with van der Waals surface area (Å²) in [6.07, 6.45) is 3.76. The SMILES string of the molecule is CSc1ccc(Cl)nc1. The second-order valence-corrected chi connectivity index (χ2v) is 2.79. The largest absolute Gasteiger partial charge is 0.243 e. The third kappa shape index (κ3) is 1.88. The molecule has 0 unspecified atom stereocenters. The van der Waals surface area contributed by atoms with Crippen molar-refractivity contribution in [1.29, 1.82) is 0 Å². The fourth-order valence-corrected chi connectivity index (χ4v) is 0.957. The normalized spacial score (nSPS) is 9.56. The highest BCUT2D eigenvalue weighted by molar-refractivity contribution is 7.98. The molecule has 0 bridgehead atoms. The predicted octanol–water partition coefficient (Wildman–Crippen LogP) is 2.46. The maximum absolute atomic E-state index is 5.55. The molecule has 0 saturated heterocycles. The van der Waals surface area contributed by atoms with E-state index in [-0.39, 0.29) is 0 Å². The van der Waals surface area contributed by atoms with Crippen LogP contribution in [0.3, 0.4) is 0 Å². The summed E-state index contributed by atoms with van der Waals surface area (Å²) in [5, 5.41) is 0.549. The van der Waals surface area contributed by atoms with E-state index >= 15 is 0 Å². The molecule has 0 aliphatic rings. The van der Waals surface area contributed by atoms with Crippen LogP contribution in [0.1, 0.15) is 0 Å². The zero-order valence-corrected chi connectivity index (χ0v) is 6.54. The van der Waals surface area contributed by atoms with Gasteiger partial charge in [-0.2, -0.15) is 0 Å². The van der Waals surface area contributed by atoms with Crippen LogP contribution in [-0.4, -0.2) is 11.2 Å². The lowest BCUT2D eigenvalue weighted by Crippen LogP contribution is -1.73. The second-order valence-electron chi connectivity index (χ2n) is 1.52. The van der Waals surface area contributed by atoms with Crippen molar-refractivity contribution in [3.63, 3.8) is 0 Å². The van der Waals surface area contributed by atoms with Crippen LogP contribution in [0.25, 0.3) is 0 Å². The topological polar surface area (TPSA) is 12.9 Å². The minimum atomic E-state index is 0.549. The number of aromatic nitrogens is 1. The molecule has 0 aromatic carbocycles. The van der Waals surface area contributed by atoms with Crippen molar-refractivity contribution in [2.75, 3.05) is 6.26 Å². The van der Waals surface area contributed by atoms with Crippen LogP contribution in [0, 0.1) is 0 Å². The van der Waals surface area contributed by atoms with Crippen molar-refractivity contribution in [1.82, 2.24) is 4.98 Å². The summed E-state index contributed by atoms with van der Waals surface area (Å²) in [5.74, 6) is 0. The van der Waals surface area contributed by atoms with Crippen molar-refractivity contribution in [3.8, 4) is 0 Å². The van der Waals surface area contributed by atoms with Crippen molar-refractivity contribution in [3.05, 3.63) is 23.5 Å². The molecule has 1 aromatic heterocycles. The van der Waals surface area contributed by atoms with Crippen molar-refractivity contribution >= 4 is 23.4 Å². The van der Waals surface area contributed by atoms with Gasteiger partial charge in [0.15, 0.2) is 0 Å². The molecule has 0 fully saturated rings. The molecule has 0 aliphatic heterocycles. The third-order valence-corrected chi connectivity index (χ3v) is 1.87. The first kappa shape index (κ1) is 6.90. The Hall–Kier alpha value is -0.210. The zero-order valence-electron chi connectivity index (χ0n) is 4.97. The zero-order chi connectivity index (χ0) is 6.69. The molecule has 0 atom stereocenters. The highest BCUT2D eigenvalue weighted by Crippen LogP contribution is 2.14. The molecule has 1 aromatic rings. The quantitative estimate of drug-likeness (QED) is 0.461. The summed E-state index contributed by atoms with van der Waals surface area (Å²) in [7, 11) is 0. The number of halogens is 1. The molecule has 0 amide bonds. The van der Waals surface area contributed by atoms with E-state index in [1.165, 1.54) is 0 Å². The van der Waals surface area contributed by atoms with E-state index < -0.39 is 0 Å². The summed E-state index contributed by atoms with van der Waals surface area (Å²) < 4.78 is 0. The van der Waals surface area contributed by atoms with Gasteiger partial charge in [-0.15, -0.1) is 11.8 Å². The maximum atomic E-state index is 5.55. The molecule has 1 heterocycles. The van der Waals surface area contributed by atoms with Gasteiger partial charge in [0.05, 0.1) is 0 Å². The van der Waals surface area contributed by atoms with Gasteiger partial charge >= 0.3 is 0 Å². The van der Waals surface area contributed by atoms with E-state index in [1.54, 1.807) is 24.0 Å². The second kappa shape index (κ2) is 3.08. The fourth-order valence-electron chi connectivity index (χ4n) is 0.483. The number of thioether (sulfide) groups is 1. The van der Waals surface area contributed by atoms with Crippen LogP contribution < -0.4 is 0 Å². The molecule has 1 rings (SSSR count). The molecule has 0 N–H and O–H groups in total. The Kier molecular flexibility index (Phi) is 2.37. The Morgan fingerprint density at radius 3 is 2.78 bits per heavy atom. The molecule has 48 valence electrons. The average molecular weight is 160 g/mol. The lowest BCUT2D eigenvalue weighted by molar-refractivity contribution is 1.24. The van der Waals surface area contributed by atoms with Gasteiger partial charge in [0.1, 0.15) is 5.15 Å². The molecule has 0 spiro atoms. The molecule has 1 nitrogen and oxygen atoms in total. The standard InChI is InChI=1S/C6H6ClNS/c1-9-5-2-3-6(7)8-4-5/h2-4H,1H3. The Morgan fingerprint density at radius 1 is 1.56 bits per heavy atom. The number of pyridine rings is 1. The first-order valence-electron chi connectivity index (χ1n) is 2.48. The van der Waals surface area contributed by atoms with Gasteiger partial charge < -0.3 is 0 Å². The van der Waals surface area contributed by atoms with E-state index in [4.69, 9.17) is 11.6 Å². The minimum Gasteiger partial charge on any atom is -0.243 e. The summed E-state index contributed by atoms with van der Waals surface area (Å²) in [4.78, 5) is 5.03. The molecular weight excluding hydrogens is 154 g/mol. The van der Waals surface area contributed by atoms with Crippen LogP contribution in [0.5, 0.6) is 0 Å². The molecule has 0 aliphatic carbocycles. The number of hydrogen-bond acceptors (Lipinski definition) is 2. The van der Waals surface area contributed by atoms with Gasteiger partial charge in [0.25, 0.3) is 0 Å². The Bertz CT molecular complexity index is 185.